The average molecular weight is 1500 g/mol. The number of carbonyl (C=O) groups is 8. The lowest BCUT2D eigenvalue weighted by Crippen LogP contribution is -2.56. The minimum absolute atomic E-state index is 0.0320. The summed E-state index contributed by atoms with van der Waals surface area (Å²) in [7, 11) is -5.22. The molecule has 0 aliphatic carbocycles. The third-order valence-corrected chi connectivity index (χ3v) is 24.7. The number of aliphatic hydroxyl groups is 1. The van der Waals surface area contributed by atoms with E-state index in [2.05, 4.69) is 31.6 Å². The smallest absolute Gasteiger partial charge is 0.447 e. The molecule has 8 amide bonds. The summed E-state index contributed by atoms with van der Waals surface area (Å²) in [4.78, 5) is 143. The van der Waals surface area contributed by atoms with Gasteiger partial charge in [-0.05, 0) is 140 Å². The number of benzene rings is 1. The van der Waals surface area contributed by atoms with Crippen molar-refractivity contribution in [1.29, 1.82) is 0 Å². The highest BCUT2D eigenvalue weighted by Gasteiger charge is 2.66. The number of primary amides is 6. The number of aliphatic hydroxyl groups excluding tert-OH is 1. The predicted molar refractivity (Wildman–Crippen MR) is 397 cm³/mol. The summed E-state index contributed by atoms with van der Waals surface area (Å²) in [5, 5.41) is 28.8. The summed E-state index contributed by atoms with van der Waals surface area (Å²) in [6.07, 6.45) is -3.89. The van der Waals surface area contributed by atoms with Crippen molar-refractivity contribution in [2.75, 3.05) is 65.5 Å². The highest BCUT2D eigenvalue weighted by molar-refractivity contribution is 7.47. The Balaban J connectivity index is 1.04. The zero-order chi connectivity index (χ0) is 77.8. The summed E-state index contributed by atoms with van der Waals surface area (Å²) < 4.78 is 39.8. The van der Waals surface area contributed by atoms with Crippen LogP contribution in [0.5, 0.6) is 0 Å². The largest absolute Gasteiger partial charge is 0.472 e. The maximum absolute atomic E-state index is 14.7. The molecule has 0 radical (unpaired) electrons. The molecule has 8 bridgehead atoms. The van der Waals surface area contributed by atoms with Gasteiger partial charge in [-0.15, -0.1) is 0 Å². The predicted octanol–water partition coefficient (Wildman–Crippen LogP) is 3.17. The van der Waals surface area contributed by atoms with Gasteiger partial charge in [0.05, 0.1) is 35.0 Å². The standard InChI is InChI=1S/C73H112N17O15P/c1-39-30-49-50(31-40(39)2)90(38-84-49)67-62(98)63(51(103-67)37-102-68(99)89-28-13-24-81-26-25-80-22-12-23-82-27-29-89)105-106(100,101)104-41(3)36-83-59(97)20-21-70(8)47(32-56(77)94)66-73(11)72(10,35-58(79)96)46(16-19-55(76)93)61(88-73)43(5)65-71(9,34-57(78)95)44(14-17-53(74)91)48(85-65)33-52-69(6,7)45(15-18-54(75)92)60(86-52)42(4)64(70)87-66/h30-31,33,38,41,44-47,51,62-63,66-67,80-82,85,98H,12-29,32,34-37H2,1-11H3,(H2,74,91)(H2,75,92)(H2,76,93)(H2,77,94)(H2,78,95)(H2,79,96)(H,83,97)(H,100,101)/b48-33?,60-42?,65-43-/t41-,44-,45-,46-,47+,51-,62-,63-,66-,67+,70-,71+,72+,73+/m1/s1. The monoisotopic (exact) mass is 1500 g/mol. The van der Waals surface area contributed by atoms with Crippen LogP contribution >= 0.6 is 7.82 Å². The number of hydrogen-bond donors (Lipinski definition) is 13. The number of phosphoric acid groups is 1. The van der Waals surface area contributed by atoms with Crippen LogP contribution in [-0.2, 0) is 56.6 Å². The van der Waals surface area contributed by atoms with Gasteiger partial charge in [0.1, 0.15) is 24.9 Å². The van der Waals surface area contributed by atoms with Gasteiger partial charge in [-0.2, -0.15) is 0 Å². The lowest BCUT2D eigenvalue weighted by molar-refractivity contribution is -0.124. The number of carbonyl (C=O) groups excluding carboxylic acids is 8. The number of rotatable bonds is 27. The summed E-state index contributed by atoms with van der Waals surface area (Å²) in [6.45, 7) is 24.5. The fourth-order valence-electron chi connectivity index (χ4n) is 17.5. The number of aliphatic imine (C=N–C) groups is 3. The normalized spacial score (nSPS) is 31.4. The van der Waals surface area contributed by atoms with Crippen molar-refractivity contribution >= 4 is 83.4 Å². The Hall–Kier alpha value is -7.81. The number of nitrogens with one attached hydrogen (secondary N) is 5. The molecule has 1 aromatic carbocycles. The molecule has 584 valence electrons. The number of aryl methyl sites for hydroxylation is 2. The first-order valence-electron chi connectivity index (χ1n) is 36.9. The molecule has 19 N–H and O–H groups in total. The number of phosphoric ester groups is 1. The lowest BCUT2D eigenvalue weighted by Gasteiger charge is -2.48. The van der Waals surface area contributed by atoms with Crippen molar-refractivity contribution in [3.05, 3.63) is 63.9 Å². The Labute approximate surface area is 619 Å². The summed E-state index contributed by atoms with van der Waals surface area (Å²) in [5.74, 6) is -7.30. The van der Waals surface area contributed by atoms with Crippen LogP contribution in [-0.4, -0.2) is 191 Å². The van der Waals surface area contributed by atoms with Gasteiger partial charge >= 0.3 is 13.9 Å². The molecule has 15 atom stereocenters. The number of imidazole rings is 1. The first kappa shape index (κ1) is 82.3. The quantitative estimate of drug-likeness (QED) is 0.0571. The average Bonchev–Trinajstić information content (AvgIpc) is 1.52. The number of allylic oxidation sites excluding steroid dienone is 6. The lowest BCUT2D eigenvalue weighted by atomic mass is 9.55. The molecule has 0 saturated carbocycles. The first-order chi connectivity index (χ1) is 49.8. The molecule has 3 fully saturated rings. The minimum atomic E-state index is -5.22. The number of nitrogens with zero attached hydrogens (tertiary/aromatic N) is 6. The zero-order valence-electron chi connectivity index (χ0n) is 63.1. The molecule has 3 saturated heterocycles. The van der Waals surface area contributed by atoms with Gasteiger partial charge in [-0.3, -0.25) is 57.6 Å². The number of hydrogen-bond acceptors (Lipinski definition) is 22. The van der Waals surface area contributed by atoms with Gasteiger partial charge in [0.2, 0.25) is 41.4 Å². The second-order valence-corrected chi connectivity index (χ2v) is 32.8. The van der Waals surface area contributed by atoms with Gasteiger partial charge in [0, 0.05) is 164 Å². The van der Waals surface area contributed by atoms with E-state index in [-0.39, 0.29) is 77.2 Å². The van der Waals surface area contributed by atoms with E-state index in [1.165, 1.54) is 13.3 Å². The molecule has 0 spiro atoms. The van der Waals surface area contributed by atoms with Crippen LogP contribution in [0.1, 0.15) is 163 Å². The third kappa shape index (κ3) is 17.7. The van der Waals surface area contributed by atoms with Crippen molar-refractivity contribution in [3.63, 3.8) is 0 Å². The Morgan fingerprint density at radius 1 is 0.745 bits per heavy atom. The van der Waals surface area contributed by atoms with Crippen molar-refractivity contribution in [2.45, 2.75) is 202 Å². The van der Waals surface area contributed by atoms with Crippen LogP contribution in [0.3, 0.4) is 0 Å². The van der Waals surface area contributed by atoms with E-state index in [4.69, 9.17) is 67.9 Å². The number of ether oxygens (including phenoxy) is 2. The number of nitrogens with two attached hydrogens (primary N) is 6. The molecule has 33 heteroatoms. The van der Waals surface area contributed by atoms with Gasteiger partial charge < -0.3 is 89.9 Å². The van der Waals surface area contributed by atoms with E-state index in [0.717, 1.165) is 43.7 Å². The fourth-order valence-corrected chi connectivity index (χ4v) is 18.6. The molecule has 9 rings (SSSR count). The van der Waals surface area contributed by atoms with Crippen molar-refractivity contribution in [1.82, 2.24) is 41.0 Å². The van der Waals surface area contributed by atoms with Crippen molar-refractivity contribution < 1.29 is 71.4 Å². The molecule has 7 aliphatic rings. The van der Waals surface area contributed by atoms with E-state index in [1.54, 1.807) is 9.47 Å². The van der Waals surface area contributed by atoms with E-state index in [0.29, 0.717) is 89.0 Å². The summed E-state index contributed by atoms with van der Waals surface area (Å²) in [6, 6.07) is 2.70. The van der Waals surface area contributed by atoms with E-state index >= 15 is 0 Å². The number of fused-ring (bicyclic) bond motifs is 7. The molecule has 7 aliphatic heterocycles. The Bertz CT molecular complexity index is 3970. The van der Waals surface area contributed by atoms with Crippen LogP contribution in [0.25, 0.3) is 11.0 Å². The van der Waals surface area contributed by atoms with Crippen LogP contribution in [0.2, 0.25) is 0 Å². The summed E-state index contributed by atoms with van der Waals surface area (Å²) >= 11 is 0. The van der Waals surface area contributed by atoms with Crippen LogP contribution in [0.4, 0.5) is 4.79 Å². The molecule has 1 unspecified atom stereocenters. The second-order valence-electron chi connectivity index (χ2n) is 31.4. The molecule has 8 heterocycles. The second kappa shape index (κ2) is 33.4. The number of amides is 8. The summed E-state index contributed by atoms with van der Waals surface area (Å²) in [5.41, 5.74) is 37.4. The molecule has 1 aromatic heterocycles. The minimum Gasteiger partial charge on any atom is -0.447 e. The van der Waals surface area contributed by atoms with Gasteiger partial charge in [-0.1, -0.05) is 34.6 Å². The fraction of sp³-hybridized carbons (Fsp3) is 0.671. The van der Waals surface area contributed by atoms with E-state index in [1.807, 2.05) is 87.4 Å². The van der Waals surface area contributed by atoms with E-state index in [9.17, 15) is 52.9 Å². The molecular formula is C73H112N17O15P. The van der Waals surface area contributed by atoms with Crippen LogP contribution < -0.4 is 61.0 Å². The van der Waals surface area contributed by atoms with Crippen LogP contribution in [0, 0.1) is 59.2 Å². The topological polar surface area (TPSA) is 505 Å². The van der Waals surface area contributed by atoms with Gasteiger partial charge in [-0.25, -0.2) is 14.3 Å². The number of aromatic nitrogens is 2. The third-order valence-electron chi connectivity index (χ3n) is 23.6. The Morgan fingerprint density at radius 2 is 1.36 bits per heavy atom. The highest BCUT2D eigenvalue weighted by Crippen LogP contribution is 2.63. The van der Waals surface area contributed by atoms with Crippen molar-refractivity contribution in [3.8, 4) is 0 Å². The van der Waals surface area contributed by atoms with Crippen LogP contribution in [0.15, 0.2) is 67.8 Å². The molecular weight excluding hydrogens is 1390 g/mol. The van der Waals surface area contributed by atoms with Gasteiger partial charge in [0.15, 0.2) is 6.23 Å². The molecule has 2 aromatic rings. The van der Waals surface area contributed by atoms with E-state index < -0.39 is 149 Å². The van der Waals surface area contributed by atoms with Gasteiger partial charge in [0.25, 0.3) is 0 Å². The Kier molecular flexibility index (Phi) is 25.9. The Morgan fingerprint density at radius 3 is 1.99 bits per heavy atom. The zero-order valence-corrected chi connectivity index (χ0v) is 64.0. The highest BCUT2D eigenvalue weighted by atomic mass is 31.2. The molecule has 32 nitrogen and oxygen atoms in total. The van der Waals surface area contributed by atoms with Crippen molar-refractivity contribution in [2.24, 2.45) is 94.7 Å². The maximum Gasteiger partial charge on any atom is 0.472 e. The molecule has 106 heavy (non-hydrogen) atoms. The SMILES string of the molecule is CC1=C2N=C(C=C3N/C(=C(/C)C4=N[C@@](C)([C@@H]5N=C1[C@](C)(CCC(=O)NC[C@@H](C)OP(=O)(O)O[C@H]1[C@@H](O)[C@@H](n6cnc7cc(C)c(C)cc76)O[C@@H]1COC(=O)N1CCCNCCNCCCNCC1)[C@H]5CC(N)=O)[C@@](C)(CC(N)=O)[C@@H]4CCC(N)=O)[C@@](C)(CC(N)=O)[C@@H]3CCC(N)=O)C(C)(C)[C@@H]2CCC(N)=O. The first-order valence-corrected chi connectivity index (χ1v) is 38.4. The maximum atomic E-state index is 14.7.